The monoisotopic (exact) mass is 363 g/mol. The number of aliphatic hydroxyl groups is 1. The van der Waals surface area contributed by atoms with Gasteiger partial charge in [0.1, 0.15) is 18.0 Å². The molecule has 2 aliphatic heterocycles. The standard InChI is InChI=1S/C19H29N3O4/c1-22-8-7-14(12-22)10-21-19(24)26-18-16(20-11-17(18)23)9-13-3-5-15(25-2)6-4-13/h3-6,14,16-18,20,23H,7-12H2,1-2H3,(H,21,24)/t14-,16+,17-,18-/m0/s1. The first-order valence-corrected chi connectivity index (χ1v) is 9.22. The Morgan fingerprint density at radius 2 is 2.15 bits per heavy atom. The largest absolute Gasteiger partial charge is 0.497 e. The highest BCUT2D eigenvalue weighted by molar-refractivity contribution is 5.67. The molecule has 4 atom stereocenters. The van der Waals surface area contributed by atoms with Gasteiger partial charge in [-0.15, -0.1) is 0 Å². The van der Waals surface area contributed by atoms with E-state index in [1.54, 1.807) is 7.11 Å². The molecule has 7 heteroatoms. The first-order valence-electron chi connectivity index (χ1n) is 9.22. The van der Waals surface area contributed by atoms with Crippen LogP contribution in [0.2, 0.25) is 0 Å². The summed E-state index contributed by atoms with van der Waals surface area (Å²) in [6.45, 7) is 3.10. The van der Waals surface area contributed by atoms with Crippen molar-refractivity contribution in [3.63, 3.8) is 0 Å². The number of hydrogen-bond acceptors (Lipinski definition) is 6. The van der Waals surface area contributed by atoms with Gasteiger partial charge in [-0.2, -0.15) is 0 Å². The number of carbonyl (C=O) groups excluding carboxylic acids is 1. The number of β-amino-alcohol motifs (C(OH)–C–C–N with tert-alkyl or cyclic N) is 1. The fourth-order valence-electron chi connectivity index (χ4n) is 3.72. The average molecular weight is 363 g/mol. The molecule has 0 aliphatic carbocycles. The number of amides is 1. The SMILES string of the molecule is COc1ccc(C[C@H]2NC[C@H](O)[C@H]2OC(=O)NC[C@@H]2CCN(C)C2)cc1. The van der Waals surface area contributed by atoms with Gasteiger partial charge in [-0.3, -0.25) is 0 Å². The molecular formula is C19H29N3O4. The summed E-state index contributed by atoms with van der Waals surface area (Å²) in [5.74, 6) is 1.27. The second-order valence-electron chi connectivity index (χ2n) is 7.30. The molecule has 0 unspecified atom stereocenters. The van der Waals surface area contributed by atoms with E-state index in [0.717, 1.165) is 30.8 Å². The van der Waals surface area contributed by atoms with Gasteiger partial charge in [0.2, 0.25) is 0 Å². The van der Waals surface area contributed by atoms with E-state index in [2.05, 4.69) is 22.6 Å². The molecule has 2 fully saturated rings. The summed E-state index contributed by atoms with van der Waals surface area (Å²) < 4.78 is 10.7. The number of hydrogen-bond donors (Lipinski definition) is 3. The summed E-state index contributed by atoms with van der Waals surface area (Å²) >= 11 is 0. The van der Waals surface area contributed by atoms with E-state index in [9.17, 15) is 9.90 Å². The third-order valence-corrected chi connectivity index (χ3v) is 5.25. The molecule has 3 N–H and O–H groups in total. The minimum atomic E-state index is -0.693. The topological polar surface area (TPSA) is 83.1 Å². The number of aliphatic hydroxyl groups excluding tert-OH is 1. The maximum Gasteiger partial charge on any atom is 0.407 e. The van der Waals surface area contributed by atoms with Gasteiger partial charge in [0, 0.05) is 19.6 Å². The Morgan fingerprint density at radius 1 is 1.38 bits per heavy atom. The molecule has 0 spiro atoms. The molecule has 144 valence electrons. The third-order valence-electron chi connectivity index (χ3n) is 5.25. The Labute approximate surface area is 154 Å². The number of carbonyl (C=O) groups is 1. The van der Waals surface area contributed by atoms with Crippen LogP contribution < -0.4 is 15.4 Å². The molecule has 1 aromatic rings. The van der Waals surface area contributed by atoms with Crippen molar-refractivity contribution in [2.75, 3.05) is 40.3 Å². The van der Waals surface area contributed by atoms with Crippen LogP contribution in [0.4, 0.5) is 4.79 Å². The maximum absolute atomic E-state index is 12.2. The van der Waals surface area contributed by atoms with Crippen molar-refractivity contribution < 1.29 is 19.4 Å². The Bertz CT molecular complexity index is 595. The lowest BCUT2D eigenvalue weighted by atomic mass is 10.0. The molecule has 0 saturated carbocycles. The summed E-state index contributed by atoms with van der Waals surface area (Å²) in [7, 11) is 3.72. The van der Waals surface area contributed by atoms with Crippen LogP contribution in [0, 0.1) is 5.92 Å². The van der Waals surface area contributed by atoms with Gasteiger partial charge in [0.15, 0.2) is 0 Å². The quantitative estimate of drug-likeness (QED) is 0.687. The van der Waals surface area contributed by atoms with E-state index >= 15 is 0 Å². The molecule has 7 nitrogen and oxygen atoms in total. The number of ether oxygens (including phenoxy) is 2. The van der Waals surface area contributed by atoms with E-state index in [1.807, 2.05) is 24.3 Å². The summed E-state index contributed by atoms with van der Waals surface area (Å²) in [4.78, 5) is 14.4. The highest BCUT2D eigenvalue weighted by atomic mass is 16.6. The van der Waals surface area contributed by atoms with Crippen molar-refractivity contribution in [3.8, 4) is 5.75 Å². The van der Waals surface area contributed by atoms with Crippen molar-refractivity contribution in [2.45, 2.75) is 31.1 Å². The van der Waals surface area contributed by atoms with Crippen molar-refractivity contribution in [1.29, 1.82) is 0 Å². The van der Waals surface area contributed by atoms with E-state index in [1.165, 1.54) is 0 Å². The van der Waals surface area contributed by atoms with Gasteiger partial charge in [-0.1, -0.05) is 12.1 Å². The van der Waals surface area contributed by atoms with E-state index in [4.69, 9.17) is 9.47 Å². The molecule has 2 aliphatic rings. The summed E-state index contributed by atoms with van der Waals surface area (Å²) in [5, 5.41) is 16.3. The molecule has 0 aromatic heterocycles. The van der Waals surface area contributed by atoms with Gasteiger partial charge in [-0.05, 0) is 50.0 Å². The van der Waals surface area contributed by atoms with Gasteiger partial charge < -0.3 is 30.1 Å². The first-order chi connectivity index (χ1) is 12.5. The lowest BCUT2D eigenvalue weighted by Gasteiger charge is -2.22. The highest BCUT2D eigenvalue weighted by Crippen LogP contribution is 2.19. The molecule has 0 bridgehead atoms. The highest BCUT2D eigenvalue weighted by Gasteiger charge is 2.37. The maximum atomic E-state index is 12.2. The predicted molar refractivity (Wildman–Crippen MR) is 98.4 cm³/mol. The zero-order chi connectivity index (χ0) is 18.5. The zero-order valence-corrected chi connectivity index (χ0v) is 15.5. The molecule has 2 saturated heterocycles. The summed E-state index contributed by atoms with van der Waals surface area (Å²) in [6, 6.07) is 7.67. The van der Waals surface area contributed by atoms with Crippen molar-refractivity contribution >= 4 is 6.09 Å². The van der Waals surface area contributed by atoms with E-state index < -0.39 is 18.3 Å². The molecule has 1 aromatic carbocycles. The van der Waals surface area contributed by atoms with Gasteiger partial charge >= 0.3 is 6.09 Å². The molecule has 1 amide bonds. The smallest absolute Gasteiger partial charge is 0.407 e. The first kappa shape index (κ1) is 18.9. The summed E-state index contributed by atoms with van der Waals surface area (Å²) in [5.41, 5.74) is 1.10. The fourth-order valence-corrected chi connectivity index (χ4v) is 3.72. The van der Waals surface area contributed by atoms with Crippen LogP contribution in [0.1, 0.15) is 12.0 Å². The number of alkyl carbamates (subject to hydrolysis) is 1. The second kappa shape index (κ2) is 8.70. The van der Waals surface area contributed by atoms with Crippen LogP contribution in [-0.2, 0) is 11.2 Å². The number of nitrogens with one attached hydrogen (secondary N) is 2. The Morgan fingerprint density at radius 3 is 2.81 bits per heavy atom. The Hall–Kier alpha value is -1.83. The second-order valence-corrected chi connectivity index (χ2v) is 7.30. The van der Waals surface area contributed by atoms with Gasteiger partial charge in [-0.25, -0.2) is 4.79 Å². The van der Waals surface area contributed by atoms with Crippen LogP contribution >= 0.6 is 0 Å². The number of methoxy groups -OCH3 is 1. The summed E-state index contributed by atoms with van der Waals surface area (Å²) in [6.07, 6.45) is 0.0636. The third kappa shape index (κ3) is 4.87. The molecule has 26 heavy (non-hydrogen) atoms. The Kier molecular flexibility index (Phi) is 6.34. The zero-order valence-electron chi connectivity index (χ0n) is 15.5. The number of benzene rings is 1. The van der Waals surface area contributed by atoms with Gasteiger partial charge in [0.05, 0.1) is 13.2 Å². The number of likely N-dealkylation sites (tertiary alicyclic amines) is 1. The molecule has 0 radical (unpaired) electrons. The van der Waals surface area contributed by atoms with Crippen molar-refractivity contribution in [2.24, 2.45) is 5.92 Å². The van der Waals surface area contributed by atoms with E-state index in [0.29, 0.717) is 25.4 Å². The fraction of sp³-hybridized carbons (Fsp3) is 0.632. The minimum absolute atomic E-state index is 0.109. The normalized spacial score (nSPS) is 28.9. The van der Waals surface area contributed by atoms with Crippen LogP contribution in [0.3, 0.4) is 0 Å². The average Bonchev–Trinajstić information content (AvgIpc) is 3.21. The lowest BCUT2D eigenvalue weighted by Crippen LogP contribution is -2.42. The van der Waals surface area contributed by atoms with Gasteiger partial charge in [0.25, 0.3) is 0 Å². The minimum Gasteiger partial charge on any atom is -0.497 e. The van der Waals surface area contributed by atoms with Crippen LogP contribution in [0.15, 0.2) is 24.3 Å². The lowest BCUT2D eigenvalue weighted by molar-refractivity contribution is 0.0186. The van der Waals surface area contributed by atoms with Crippen LogP contribution in [-0.4, -0.2) is 74.7 Å². The predicted octanol–water partition coefficient (Wildman–Crippen LogP) is 0.617. The Balaban J connectivity index is 1.50. The number of nitrogens with zero attached hydrogens (tertiary/aromatic N) is 1. The van der Waals surface area contributed by atoms with Crippen LogP contribution in [0.5, 0.6) is 5.75 Å². The number of rotatable bonds is 6. The van der Waals surface area contributed by atoms with Crippen molar-refractivity contribution in [3.05, 3.63) is 29.8 Å². The van der Waals surface area contributed by atoms with Crippen LogP contribution in [0.25, 0.3) is 0 Å². The molecule has 3 rings (SSSR count). The van der Waals surface area contributed by atoms with Crippen molar-refractivity contribution in [1.82, 2.24) is 15.5 Å². The van der Waals surface area contributed by atoms with E-state index in [-0.39, 0.29) is 6.04 Å². The molecule has 2 heterocycles. The molecular weight excluding hydrogens is 334 g/mol.